The molecule has 0 saturated carbocycles. The van der Waals surface area contributed by atoms with E-state index in [0.29, 0.717) is 30.0 Å². The van der Waals surface area contributed by atoms with Crippen molar-refractivity contribution in [2.75, 3.05) is 5.32 Å². The lowest BCUT2D eigenvalue weighted by Crippen LogP contribution is -2.12. The number of aryl methyl sites for hydroxylation is 1. The average Bonchev–Trinajstić information content (AvgIpc) is 3.19. The first-order chi connectivity index (χ1) is 12.7. The Morgan fingerprint density at radius 1 is 1.12 bits per heavy atom. The van der Waals surface area contributed by atoms with E-state index in [0.717, 1.165) is 12.0 Å². The Bertz CT molecular complexity index is 914. The number of carbonyl (C=O) groups is 1. The molecule has 4 nitrogen and oxygen atoms in total. The Morgan fingerprint density at radius 3 is 2.81 bits per heavy atom. The molecule has 0 unspecified atom stereocenters. The van der Waals surface area contributed by atoms with E-state index in [1.807, 2.05) is 47.8 Å². The predicted octanol–water partition coefficient (Wildman–Crippen LogP) is 4.77. The molecule has 0 aliphatic heterocycles. The summed E-state index contributed by atoms with van der Waals surface area (Å²) in [6, 6.07) is 20.8. The van der Waals surface area contributed by atoms with E-state index in [2.05, 4.69) is 11.4 Å². The lowest BCUT2D eigenvalue weighted by atomic mass is 10.1. The number of hydrogen-bond acceptors (Lipinski definition) is 4. The van der Waals surface area contributed by atoms with Crippen LogP contribution in [0.1, 0.15) is 22.4 Å². The smallest absolute Gasteiger partial charge is 0.224 e. The zero-order valence-electron chi connectivity index (χ0n) is 14.1. The van der Waals surface area contributed by atoms with Gasteiger partial charge in [0.2, 0.25) is 5.91 Å². The van der Waals surface area contributed by atoms with E-state index in [1.54, 1.807) is 29.5 Å². The van der Waals surface area contributed by atoms with Gasteiger partial charge in [0.1, 0.15) is 12.4 Å². The number of benzene rings is 2. The highest BCUT2D eigenvalue weighted by Crippen LogP contribution is 2.19. The Balaban J connectivity index is 1.54. The summed E-state index contributed by atoms with van der Waals surface area (Å²) >= 11 is 1.66. The zero-order valence-corrected chi connectivity index (χ0v) is 15.0. The van der Waals surface area contributed by atoms with Crippen molar-refractivity contribution in [3.63, 3.8) is 0 Å². The number of nitriles is 1. The predicted molar refractivity (Wildman–Crippen MR) is 103 cm³/mol. The lowest BCUT2D eigenvalue weighted by molar-refractivity contribution is -0.116. The fourth-order valence-electron chi connectivity index (χ4n) is 2.48. The molecule has 1 heterocycles. The monoisotopic (exact) mass is 362 g/mol. The standard InChI is InChI=1S/C21H18N2O2S/c22-14-16-4-1-5-17(12-16)15-25-19-7-2-6-18(13-19)23-21(24)10-9-20-8-3-11-26-20/h1-8,11-13H,9-10,15H2,(H,23,24). The van der Waals surface area contributed by atoms with Gasteiger partial charge in [-0.25, -0.2) is 0 Å². The summed E-state index contributed by atoms with van der Waals surface area (Å²) in [7, 11) is 0. The van der Waals surface area contributed by atoms with Crippen LogP contribution in [0.15, 0.2) is 66.0 Å². The number of nitrogens with one attached hydrogen (secondary N) is 1. The molecule has 1 amide bonds. The van der Waals surface area contributed by atoms with Crippen LogP contribution < -0.4 is 10.1 Å². The van der Waals surface area contributed by atoms with E-state index in [-0.39, 0.29) is 5.91 Å². The molecule has 0 bridgehead atoms. The number of carbonyl (C=O) groups excluding carboxylic acids is 1. The normalized spacial score (nSPS) is 10.1. The summed E-state index contributed by atoms with van der Waals surface area (Å²) in [5.74, 6) is 0.653. The Morgan fingerprint density at radius 2 is 2.00 bits per heavy atom. The number of amides is 1. The van der Waals surface area contributed by atoms with Crippen molar-refractivity contribution in [3.05, 3.63) is 82.0 Å². The number of anilines is 1. The lowest BCUT2D eigenvalue weighted by Gasteiger charge is -2.09. The van der Waals surface area contributed by atoms with Crippen LogP contribution in [0.2, 0.25) is 0 Å². The highest BCUT2D eigenvalue weighted by Gasteiger charge is 2.05. The summed E-state index contributed by atoms with van der Waals surface area (Å²) in [5, 5.41) is 13.9. The highest BCUT2D eigenvalue weighted by atomic mass is 32.1. The average molecular weight is 362 g/mol. The first-order valence-electron chi connectivity index (χ1n) is 8.27. The van der Waals surface area contributed by atoms with Gasteiger partial charge in [0.25, 0.3) is 0 Å². The second-order valence-electron chi connectivity index (χ2n) is 5.76. The minimum atomic E-state index is -0.0164. The van der Waals surface area contributed by atoms with Gasteiger partial charge in [0.05, 0.1) is 11.6 Å². The van der Waals surface area contributed by atoms with Gasteiger partial charge in [0.15, 0.2) is 0 Å². The fourth-order valence-corrected chi connectivity index (χ4v) is 3.18. The van der Waals surface area contributed by atoms with Gasteiger partial charge in [-0.15, -0.1) is 11.3 Å². The minimum Gasteiger partial charge on any atom is -0.489 e. The molecule has 1 N–H and O–H groups in total. The molecule has 0 spiro atoms. The molecule has 3 rings (SSSR count). The van der Waals surface area contributed by atoms with Gasteiger partial charge in [-0.1, -0.05) is 24.3 Å². The van der Waals surface area contributed by atoms with Gasteiger partial charge in [-0.3, -0.25) is 4.79 Å². The van der Waals surface area contributed by atoms with Crippen LogP contribution in [0.25, 0.3) is 0 Å². The van der Waals surface area contributed by atoms with Gasteiger partial charge >= 0.3 is 0 Å². The summed E-state index contributed by atoms with van der Waals surface area (Å²) in [6.07, 6.45) is 1.20. The topological polar surface area (TPSA) is 62.1 Å². The molecule has 0 aliphatic rings. The Kier molecular flexibility index (Phi) is 6.02. The van der Waals surface area contributed by atoms with E-state index >= 15 is 0 Å². The van der Waals surface area contributed by atoms with Crippen molar-refractivity contribution in [2.24, 2.45) is 0 Å². The summed E-state index contributed by atoms with van der Waals surface area (Å²) in [5.41, 5.74) is 2.25. The molecular formula is C21H18N2O2S. The van der Waals surface area contributed by atoms with Gasteiger partial charge in [-0.05, 0) is 47.7 Å². The van der Waals surface area contributed by atoms with E-state index in [4.69, 9.17) is 10.00 Å². The number of thiophene rings is 1. The van der Waals surface area contributed by atoms with E-state index in [1.165, 1.54) is 4.88 Å². The molecule has 5 heteroatoms. The molecule has 26 heavy (non-hydrogen) atoms. The number of rotatable bonds is 7. The van der Waals surface area contributed by atoms with Crippen molar-refractivity contribution >= 4 is 22.9 Å². The number of ether oxygens (including phenoxy) is 1. The van der Waals surface area contributed by atoms with Crippen molar-refractivity contribution < 1.29 is 9.53 Å². The second kappa shape index (κ2) is 8.84. The molecule has 130 valence electrons. The van der Waals surface area contributed by atoms with Crippen LogP contribution in [0.4, 0.5) is 5.69 Å². The number of hydrogen-bond donors (Lipinski definition) is 1. The van der Waals surface area contributed by atoms with Crippen molar-refractivity contribution in [1.82, 2.24) is 0 Å². The van der Waals surface area contributed by atoms with E-state index in [9.17, 15) is 4.79 Å². The first-order valence-corrected chi connectivity index (χ1v) is 9.15. The molecule has 0 fully saturated rings. The van der Waals surface area contributed by atoms with Crippen LogP contribution in [0, 0.1) is 11.3 Å². The van der Waals surface area contributed by atoms with Gasteiger partial charge < -0.3 is 10.1 Å². The third kappa shape index (κ3) is 5.20. The van der Waals surface area contributed by atoms with Gasteiger partial charge in [-0.2, -0.15) is 5.26 Å². The van der Waals surface area contributed by atoms with Crippen LogP contribution >= 0.6 is 11.3 Å². The third-order valence-electron chi connectivity index (χ3n) is 3.76. The SMILES string of the molecule is N#Cc1cccc(COc2cccc(NC(=O)CCc3cccs3)c2)c1. The minimum absolute atomic E-state index is 0.0164. The Labute approximate surface area is 156 Å². The first kappa shape index (κ1) is 17.7. The Hall–Kier alpha value is -3.10. The van der Waals surface area contributed by atoms with Crippen LogP contribution in [0.3, 0.4) is 0 Å². The molecule has 2 aromatic carbocycles. The fraction of sp³-hybridized carbons (Fsp3) is 0.143. The zero-order chi connectivity index (χ0) is 18.2. The highest BCUT2D eigenvalue weighted by molar-refractivity contribution is 7.09. The largest absolute Gasteiger partial charge is 0.489 e. The second-order valence-corrected chi connectivity index (χ2v) is 6.79. The number of nitrogens with zero attached hydrogens (tertiary/aromatic N) is 1. The van der Waals surface area contributed by atoms with E-state index < -0.39 is 0 Å². The maximum Gasteiger partial charge on any atom is 0.224 e. The van der Waals surface area contributed by atoms with Crippen LogP contribution in [-0.2, 0) is 17.8 Å². The molecule has 0 saturated heterocycles. The van der Waals surface area contributed by atoms with Crippen molar-refractivity contribution in [3.8, 4) is 11.8 Å². The quantitative estimate of drug-likeness (QED) is 0.658. The van der Waals surface area contributed by atoms with Crippen LogP contribution in [0.5, 0.6) is 5.75 Å². The molecule has 3 aromatic rings. The van der Waals surface area contributed by atoms with Crippen molar-refractivity contribution in [2.45, 2.75) is 19.4 Å². The summed E-state index contributed by atoms with van der Waals surface area (Å²) < 4.78 is 5.77. The molecule has 0 radical (unpaired) electrons. The summed E-state index contributed by atoms with van der Waals surface area (Å²) in [4.78, 5) is 13.3. The van der Waals surface area contributed by atoms with Crippen LogP contribution in [-0.4, -0.2) is 5.91 Å². The molecule has 1 aromatic heterocycles. The molecular weight excluding hydrogens is 344 g/mol. The molecule has 0 aliphatic carbocycles. The van der Waals surface area contributed by atoms with Gasteiger partial charge in [0, 0.05) is 23.1 Å². The van der Waals surface area contributed by atoms with Crippen molar-refractivity contribution in [1.29, 1.82) is 5.26 Å². The third-order valence-corrected chi connectivity index (χ3v) is 4.69. The molecule has 0 atom stereocenters. The summed E-state index contributed by atoms with van der Waals surface area (Å²) in [6.45, 7) is 0.366. The maximum atomic E-state index is 12.1. The maximum absolute atomic E-state index is 12.1.